The largest absolute Gasteiger partial charge is 0.269 e. The van der Waals surface area contributed by atoms with E-state index in [0.29, 0.717) is 14.7 Å². The second-order valence-electron chi connectivity index (χ2n) is 7.99. The molecule has 1 aliphatic heterocycles. The predicted octanol–water partition coefficient (Wildman–Crippen LogP) is 6.98. The Hall–Kier alpha value is -3.19. The van der Waals surface area contributed by atoms with Gasteiger partial charge in [0.1, 0.15) is 3.53 Å². The molecule has 0 saturated heterocycles. The SMILES string of the molecule is O=C1c2ccccc2C(=O)N1CSC(=S)SC(c1ccccc1)(c1ccccc1)c1ccccc1. The first-order valence-electron chi connectivity index (χ1n) is 11.1. The van der Waals surface area contributed by atoms with Gasteiger partial charge in [-0.25, -0.2) is 0 Å². The van der Waals surface area contributed by atoms with E-state index in [1.807, 2.05) is 54.6 Å². The number of hydrogen-bond acceptors (Lipinski definition) is 5. The number of rotatable bonds is 6. The number of thioether (sulfide) groups is 2. The molecule has 0 fully saturated rings. The lowest BCUT2D eigenvalue weighted by Gasteiger charge is -2.35. The predicted molar refractivity (Wildman–Crippen MR) is 149 cm³/mol. The van der Waals surface area contributed by atoms with Crippen LogP contribution >= 0.6 is 35.7 Å². The normalized spacial score (nSPS) is 13.1. The van der Waals surface area contributed by atoms with Gasteiger partial charge in [-0.15, -0.1) is 0 Å². The summed E-state index contributed by atoms with van der Waals surface area (Å²) >= 11 is 8.78. The van der Waals surface area contributed by atoms with E-state index in [0.717, 1.165) is 16.7 Å². The first-order valence-corrected chi connectivity index (χ1v) is 13.3. The molecule has 2 amide bonds. The molecule has 35 heavy (non-hydrogen) atoms. The summed E-state index contributed by atoms with van der Waals surface area (Å²) in [5, 5.41) is 0. The van der Waals surface area contributed by atoms with Crippen molar-refractivity contribution in [2.45, 2.75) is 4.75 Å². The molecule has 0 spiro atoms. The van der Waals surface area contributed by atoms with Gasteiger partial charge in [-0.3, -0.25) is 14.5 Å². The Morgan fingerprint density at radius 2 is 1.00 bits per heavy atom. The molecule has 0 bridgehead atoms. The lowest BCUT2D eigenvalue weighted by molar-refractivity contribution is 0.0684. The van der Waals surface area contributed by atoms with E-state index < -0.39 is 4.75 Å². The van der Waals surface area contributed by atoms with E-state index in [-0.39, 0.29) is 17.7 Å². The van der Waals surface area contributed by atoms with Crippen LogP contribution in [0.25, 0.3) is 0 Å². The Morgan fingerprint density at radius 3 is 1.40 bits per heavy atom. The summed E-state index contributed by atoms with van der Waals surface area (Å²) in [5.74, 6) is -0.371. The minimum atomic E-state index is -0.587. The second kappa shape index (κ2) is 10.2. The topological polar surface area (TPSA) is 37.4 Å². The van der Waals surface area contributed by atoms with Gasteiger partial charge in [0.2, 0.25) is 0 Å². The summed E-state index contributed by atoms with van der Waals surface area (Å²) in [4.78, 5) is 26.9. The molecule has 1 aliphatic rings. The number of thiocarbonyl (C=S) groups is 1. The number of benzene rings is 4. The molecule has 172 valence electrons. The Kier molecular flexibility index (Phi) is 6.86. The second-order valence-corrected chi connectivity index (χ2v) is 11.4. The van der Waals surface area contributed by atoms with Crippen LogP contribution in [-0.4, -0.2) is 26.1 Å². The van der Waals surface area contributed by atoms with E-state index >= 15 is 0 Å². The highest BCUT2D eigenvalue weighted by atomic mass is 32.2. The maximum Gasteiger partial charge on any atom is 0.262 e. The number of nitrogens with zero attached hydrogens (tertiary/aromatic N) is 1. The Labute approximate surface area is 218 Å². The Bertz CT molecular complexity index is 1240. The van der Waals surface area contributed by atoms with Crippen LogP contribution in [0.1, 0.15) is 37.4 Å². The highest BCUT2D eigenvalue weighted by Gasteiger charge is 2.39. The van der Waals surface area contributed by atoms with Gasteiger partial charge in [-0.05, 0) is 28.8 Å². The van der Waals surface area contributed by atoms with Crippen LogP contribution < -0.4 is 0 Å². The van der Waals surface area contributed by atoms with Gasteiger partial charge >= 0.3 is 0 Å². The van der Waals surface area contributed by atoms with E-state index in [4.69, 9.17) is 12.2 Å². The van der Waals surface area contributed by atoms with E-state index in [9.17, 15) is 9.59 Å². The van der Waals surface area contributed by atoms with Crippen molar-refractivity contribution in [1.82, 2.24) is 4.90 Å². The number of carbonyl (C=O) groups is 2. The lowest BCUT2D eigenvalue weighted by atomic mass is 9.84. The molecule has 0 N–H and O–H groups in total. The molecule has 0 radical (unpaired) electrons. The van der Waals surface area contributed by atoms with Crippen molar-refractivity contribution in [2.75, 3.05) is 5.88 Å². The third kappa shape index (κ3) is 4.45. The van der Waals surface area contributed by atoms with Crippen molar-refractivity contribution in [3.05, 3.63) is 143 Å². The number of hydrogen-bond donors (Lipinski definition) is 0. The molecule has 4 aromatic carbocycles. The molecule has 5 rings (SSSR count). The zero-order chi connectivity index (χ0) is 24.3. The molecular weight excluding hydrogens is 491 g/mol. The van der Waals surface area contributed by atoms with Crippen LogP contribution in [0.5, 0.6) is 0 Å². The smallest absolute Gasteiger partial charge is 0.262 e. The van der Waals surface area contributed by atoms with Crippen molar-refractivity contribution in [2.24, 2.45) is 0 Å². The summed E-state index contributed by atoms with van der Waals surface area (Å²) < 4.78 is 0.0636. The van der Waals surface area contributed by atoms with Crippen LogP contribution in [0.4, 0.5) is 0 Å². The third-order valence-corrected chi connectivity index (χ3v) is 8.98. The van der Waals surface area contributed by atoms with Crippen molar-refractivity contribution in [3.63, 3.8) is 0 Å². The van der Waals surface area contributed by atoms with Crippen LogP contribution in [-0.2, 0) is 4.75 Å². The number of fused-ring (bicyclic) bond motifs is 1. The average Bonchev–Trinajstić information content (AvgIpc) is 3.17. The molecule has 0 aliphatic carbocycles. The number of imide groups is 1. The summed E-state index contributed by atoms with van der Waals surface area (Å²) in [6, 6.07) is 37.8. The van der Waals surface area contributed by atoms with Crippen molar-refractivity contribution < 1.29 is 9.59 Å². The third-order valence-electron chi connectivity index (χ3n) is 5.97. The maximum absolute atomic E-state index is 12.8. The van der Waals surface area contributed by atoms with Gasteiger partial charge in [0.05, 0.1) is 21.8 Å². The van der Waals surface area contributed by atoms with Crippen molar-refractivity contribution >= 4 is 51.1 Å². The van der Waals surface area contributed by atoms with Gasteiger partial charge in [0.25, 0.3) is 11.8 Å². The van der Waals surface area contributed by atoms with Gasteiger partial charge in [-0.1, -0.05) is 139 Å². The first kappa shape index (κ1) is 23.5. The fourth-order valence-corrected chi connectivity index (χ4v) is 7.11. The molecule has 4 aromatic rings. The molecule has 3 nitrogen and oxygen atoms in total. The zero-order valence-corrected chi connectivity index (χ0v) is 21.1. The highest BCUT2D eigenvalue weighted by Crippen LogP contribution is 2.50. The number of carbonyl (C=O) groups excluding carboxylic acids is 2. The fraction of sp³-hybridized carbons (Fsp3) is 0.0690. The quantitative estimate of drug-likeness (QED) is 0.159. The van der Waals surface area contributed by atoms with E-state index in [1.54, 1.807) is 36.0 Å². The Morgan fingerprint density at radius 1 is 0.629 bits per heavy atom. The lowest BCUT2D eigenvalue weighted by Crippen LogP contribution is -2.30. The molecular formula is C29H21NO2S3. The fourth-order valence-electron chi connectivity index (χ4n) is 4.32. The Balaban J connectivity index is 1.47. The van der Waals surface area contributed by atoms with Gasteiger partial charge < -0.3 is 0 Å². The van der Waals surface area contributed by atoms with Crippen molar-refractivity contribution in [1.29, 1.82) is 0 Å². The standard InChI is InChI=1S/C29H21NO2S3/c31-26-24-18-10-11-19-25(24)27(32)30(26)20-34-28(33)35-29(21-12-4-1-5-13-21,22-14-6-2-7-15-22)23-16-8-3-9-17-23/h1-19H,20H2. The average molecular weight is 512 g/mol. The molecule has 0 saturated carbocycles. The van der Waals surface area contributed by atoms with E-state index in [2.05, 4.69) is 36.4 Å². The molecule has 0 aromatic heterocycles. The van der Waals surface area contributed by atoms with Crippen LogP contribution in [0.3, 0.4) is 0 Å². The summed E-state index contributed by atoms with van der Waals surface area (Å²) in [7, 11) is 0. The highest BCUT2D eigenvalue weighted by molar-refractivity contribution is 8.47. The van der Waals surface area contributed by atoms with Crippen LogP contribution in [0, 0.1) is 0 Å². The molecule has 0 unspecified atom stereocenters. The van der Waals surface area contributed by atoms with Crippen molar-refractivity contribution in [3.8, 4) is 0 Å². The zero-order valence-electron chi connectivity index (χ0n) is 18.7. The monoisotopic (exact) mass is 511 g/mol. The van der Waals surface area contributed by atoms with E-state index in [1.165, 1.54) is 16.7 Å². The minimum absolute atomic E-state index is 0.173. The van der Waals surface area contributed by atoms with Crippen LogP contribution in [0.15, 0.2) is 115 Å². The molecule has 1 heterocycles. The summed E-state index contributed by atoms with van der Waals surface area (Å²) in [5.41, 5.74) is 4.20. The first-order chi connectivity index (χ1) is 17.1. The summed E-state index contributed by atoms with van der Waals surface area (Å²) in [6.45, 7) is 0. The van der Waals surface area contributed by atoms with Gasteiger partial charge in [-0.2, -0.15) is 0 Å². The minimum Gasteiger partial charge on any atom is -0.269 e. The molecule has 6 heteroatoms. The summed E-state index contributed by atoms with van der Waals surface area (Å²) in [6.07, 6.45) is 0. The number of amides is 2. The van der Waals surface area contributed by atoms with Crippen LogP contribution in [0.2, 0.25) is 0 Å². The van der Waals surface area contributed by atoms with Gasteiger partial charge in [0, 0.05) is 0 Å². The molecule has 0 atom stereocenters. The maximum atomic E-state index is 12.8. The van der Waals surface area contributed by atoms with Gasteiger partial charge in [0.15, 0.2) is 0 Å².